The Labute approximate surface area is 280 Å². The molecule has 2 aliphatic heterocycles. The maximum absolute atomic E-state index is 12.4. The van der Waals surface area contributed by atoms with E-state index in [1.54, 1.807) is 6.92 Å². The Hall–Kier alpha value is -3.34. The first kappa shape index (κ1) is 40.8. The van der Waals surface area contributed by atoms with Gasteiger partial charge in [-0.2, -0.15) is 0 Å². The van der Waals surface area contributed by atoms with E-state index in [-0.39, 0.29) is 6.42 Å². The molecule has 0 aliphatic carbocycles. The van der Waals surface area contributed by atoms with Crippen molar-refractivity contribution in [1.82, 2.24) is 0 Å². The highest BCUT2D eigenvalue weighted by Crippen LogP contribution is 2.36. The van der Waals surface area contributed by atoms with Crippen molar-refractivity contribution in [2.24, 2.45) is 0 Å². The van der Waals surface area contributed by atoms with Gasteiger partial charge in [0.25, 0.3) is 0 Å². The molecule has 16 nitrogen and oxygen atoms in total. The quantitative estimate of drug-likeness (QED) is 0.132. The maximum atomic E-state index is 12.4. The Kier molecular flexibility index (Phi) is 16.7. The van der Waals surface area contributed by atoms with Gasteiger partial charge in [-0.15, -0.1) is 0 Å². The minimum absolute atomic E-state index is 0.355. The lowest BCUT2D eigenvalue weighted by Gasteiger charge is -2.48. The Morgan fingerprint density at radius 2 is 1.00 bits per heavy atom. The lowest BCUT2D eigenvalue weighted by atomic mass is 9.96. The van der Waals surface area contributed by atoms with E-state index in [0.717, 1.165) is 60.3 Å². The van der Waals surface area contributed by atoms with Crippen molar-refractivity contribution in [3.63, 3.8) is 0 Å². The van der Waals surface area contributed by atoms with E-state index in [9.17, 15) is 33.9 Å². The van der Waals surface area contributed by atoms with Crippen LogP contribution in [0.5, 0.6) is 0 Å². The van der Waals surface area contributed by atoms with E-state index in [1.165, 1.54) is 6.92 Å². The van der Waals surface area contributed by atoms with Crippen molar-refractivity contribution in [2.75, 3.05) is 0 Å². The maximum Gasteiger partial charge on any atom is 0.305 e. The van der Waals surface area contributed by atoms with Crippen molar-refractivity contribution in [1.29, 1.82) is 0 Å². The van der Waals surface area contributed by atoms with Crippen LogP contribution in [0.15, 0.2) is 0 Å². The summed E-state index contributed by atoms with van der Waals surface area (Å²) < 4.78 is 52.1. The molecule has 0 radical (unpaired) electrons. The van der Waals surface area contributed by atoms with Crippen LogP contribution in [0, 0.1) is 0 Å². The largest absolute Gasteiger partial charge is 0.481 e. The fraction of sp³-hybridized carbons (Fsp3) is 0.812. The van der Waals surface area contributed by atoms with Gasteiger partial charge in [0.1, 0.15) is 0 Å². The van der Waals surface area contributed by atoms with E-state index in [0.29, 0.717) is 12.8 Å². The number of ether oxygens (including phenoxy) is 9. The molecular formula is C32H50O16. The summed E-state index contributed by atoms with van der Waals surface area (Å²) in [5.74, 6) is -4.97. The molecule has 2 saturated heterocycles. The van der Waals surface area contributed by atoms with Crippen molar-refractivity contribution >= 4 is 35.8 Å². The topological polar surface area (TPSA) is 206 Å². The van der Waals surface area contributed by atoms with Crippen LogP contribution in [-0.2, 0) is 71.4 Å². The zero-order chi connectivity index (χ0) is 36.1. The van der Waals surface area contributed by atoms with E-state index in [2.05, 4.69) is 6.92 Å². The SMILES string of the molecule is CCCCCCCC(CC(=O)O)O[C@@H]1O[C@@H](C)[C@H](OC(C)=O)[C@@H](OC(C)=O)[C@H]1O[C@@H]1O[C@H](C)C(OC(C)=O)[C@@H](OC(C)=O)[C@H]1OC(C)=O. The van der Waals surface area contributed by atoms with Crippen LogP contribution >= 0.6 is 0 Å². The number of hydrogen-bond acceptors (Lipinski definition) is 15. The highest BCUT2D eigenvalue weighted by molar-refractivity contribution is 5.69. The molecule has 2 fully saturated rings. The molecule has 48 heavy (non-hydrogen) atoms. The molecule has 16 heteroatoms. The van der Waals surface area contributed by atoms with Gasteiger partial charge in [-0.3, -0.25) is 28.8 Å². The minimum atomic E-state index is -1.59. The number of carboxylic acid groups (broad SMARTS) is 1. The van der Waals surface area contributed by atoms with Crippen LogP contribution in [0.1, 0.15) is 100 Å². The van der Waals surface area contributed by atoms with E-state index < -0.39 is 103 Å². The lowest BCUT2D eigenvalue weighted by Crippen LogP contribution is -2.66. The number of hydrogen-bond donors (Lipinski definition) is 1. The third-order valence-electron chi connectivity index (χ3n) is 7.61. The number of carbonyl (C=O) groups excluding carboxylic acids is 5. The first-order chi connectivity index (χ1) is 22.5. The van der Waals surface area contributed by atoms with Crippen LogP contribution in [0.3, 0.4) is 0 Å². The van der Waals surface area contributed by atoms with Crippen LogP contribution in [0.2, 0.25) is 0 Å². The molecular weight excluding hydrogens is 640 g/mol. The average Bonchev–Trinajstić information content (AvgIpc) is 2.95. The summed E-state index contributed by atoms with van der Waals surface area (Å²) >= 11 is 0. The van der Waals surface area contributed by atoms with Crippen LogP contribution in [-0.4, -0.2) is 108 Å². The minimum Gasteiger partial charge on any atom is -0.481 e. The molecule has 11 atom stereocenters. The molecule has 1 N–H and O–H groups in total. The van der Waals surface area contributed by atoms with Crippen molar-refractivity contribution in [3.8, 4) is 0 Å². The Morgan fingerprint density at radius 1 is 0.583 bits per heavy atom. The highest BCUT2D eigenvalue weighted by Gasteiger charge is 2.56. The van der Waals surface area contributed by atoms with E-state index >= 15 is 0 Å². The highest BCUT2D eigenvalue weighted by atomic mass is 16.8. The van der Waals surface area contributed by atoms with Crippen LogP contribution in [0.25, 0.3) is 0 Å². The zero-order valence-electron chi connectivity index (χ0n) is 28.9. The molecule has 2 aliphatic rings. The number of carbonyl (C=O) groups is 6. The summed E-state index contributed by atoms with van der Waals surface area (Å²) in [6, 6.07) is 0. The van der Waals surface area contributed by atoms with Gasteiger partial charge in [0, 0.05) is 34.6 Å². The van der Waals surface area contributed by atoms with Gasteiger partial charge in [-0.1, -0.05) is 39.0 Å². The average molecular weight is 691 g/mol. The molecule has 0 aromatic heterocycles. The van der Waals surface area contributed by atoms with Gasteiger partial charge in [0.15, 0.2) is 49.2 Å². The van der Waals surface area contributed by atoms with Gasteiger partial charge in [-0.25, -0.2) is 0 Å². The summed E-state index contributed by atoms with van der Waals surface area (Å²) in [6.07, 6.45) is -9.60. The Bertz CT molecular complexity index is 1110. The Morgan fingerprint density at radius 3 is 1.46 bits per heavy atom. The standard InChI is InChI=1S/C32H50O16/c1-9-10-11-12-13-14-23(15-24(38)39)47-31-30(28(45-21(7)36)26(16(2)40-31)43-19(5)34)48-32-29(46-22(8)37)27(44-20(6)35)25(17(3)41-32)42-18(4)33/h16-17,23,25-32H,9-15H2,1-8H3,(H,38,39)/t16-,17+,23?,25?,26-,27+,28+,29+,30+,31-,32-/m0/s1. The normalized spacial score (nSPS) is 30.8. The monoisotopic (exact) mass is 690 g/mol. The molecule has 0 spiro atoms. The predicted molar refractivity (Wildman–Crippen MR) is 162 cm³/mol. The van der Waals surface area contributed by atoms with Crippen molar-refractivity contribution < 1.29 is 76.5 Å². The van der Waals surface area contributed by atoms with E-state index in [4.69, 9.17) is 42.6 Å². The molecule has 2 unspecified atom stereocenters. The number of esters is 5. The molecule has 0 aromatic rings. The number of unbranched alkanes of at least 4 members (excludes halogenated alkanes) is 4. The van der Waals surface area contributed by atoms with Gasteiger partial charge in [0.05, 0.1) is 24.7 Å². The van der Waals surface area contributed by atoms with Crippen LogP contribution < -0.4 is 0 Å². The first-order valence-electron chi connectivity index (χ1n) is 16.2. The molecule has 2 heterocycles. The second-order valence-electron chi connectivity index (χ2n) is 11.9. The fourth-order valence-electron chi connectivity index (χ4n) is 5.72. The summed E-state index contributed by atoms with van der Waals surface area (Å²) in [7, 11) is 0. The van der Waals surface area contributed by atoms with Crippen molar-refractivity contribution in [2.45, 2.75) is 168 Å². The third kappa shape index (κ3) is 12.9. The van der Waals surface area contributed by atoms with Gasteiger partial charge in [0.2, 0.25) is 0 Å². The second kappa shape index (κ2) is 19.6. The summed E-state index contributed by atoms with van der Waals surface area (Å²) in [4.78, 5) is 72.7. The number of aliphatic carboxylic acids is 1. The summed E-state index contributed by atoms with van der Waals surface area (Å²) in [5.41, 5.74) is 0. The zero-order valence-corrected chi connectivity index (χ0v) is 28.9. The molecule has 0 amide bonds. The molecule has 274 valence electrons. The molecule has 0 bridgehead atoms. The van der Waals surface area contributed by atoms with Gasteiger partial charge in [-0.05, 0) is 20.3 Å². The smallest absolute Gasteiger partial charge is 0.305 e. The lowest BCUT2D eigenvalue weighted by molar-refractivity contribution is -0.367. The molecule has 2 rings (SSSR count). The second-order valence-corrected chi connectivity index (χ2v) is 11.9. The number of carboxylic acids is 1. The predicted octanol–water partition coefficient (Wildman–Crippen LogP) is 2.74. The third-order valence-corrected chi connectivity index (χ3v) is 7.61. The van der Waals surface area contributed by atoms with E-state index in [1.807, 2.05) is 0 Å². The number of rotatable bonds is 17. The summed E-state index contributed by atoms with van der Waals surface area (Å²) in [5, 5.41) is 9.66. The van der Waals surface area contributed by atoms with Gasteiger partial charge < -0.3 is 47.7 Å². The fourth-order valence-corrected chi connectivity index (χ4v) is 5.72. The molecule has 0 aromatic carbocycles. The molecule has 0 saturated carbocycles. The van der Waals surface area contributed by atoms with Crippen molar-refractivity contribution in [3.05, 3.63) is 0 Å². The van der Waals surface area contributed by atoms with Crippen LogP contribution in [0.4, 0.5) is 0 Å². The van der Waals surface area contributed by atoms with Gasteiger partial charge >= 0.3 is 35.8 Å². The first-order valence-corrected chi connectivity index (χ1v) is 16.2. The summed E-state index contributed by atoms with van der Waals surface area (Å²) in [6.45, 7) is 10.7. The Balaban J connectivity index is 2.59.